The summed E-state index contributed by atoms with van der Waals surface area (Å²) in [6.45, 7) is 9.80. The lowest BCUT2D eigenvalue weighted by molar-refractivity contribution is -0.230. The van der Waals surface area contributed by atoms with Crippen molar-refractivity contribution in [1.29, 1.82) is 0 Å². The molecule has 1 unspecified atom stereocenters. The van der Waals surface area contributed by atoms with E-state index >= 15 is 0 Å². The molecule has 46 heavy (non-hydrogen) atoms. The topological polar surface area (TPSA) is 115 Å². The minimum Gasteiger partial charge on any atom is -0.491 e. The van der Waals surface area contributed by atoms with Crippen molar-refractivity contribution in [1.82, 2.24) is 24.6 Å². The number of fused-ring (bicyclic) bond motifs is 1. The Hall–Kier alpha value is -4.80. The predicted octanol–water partition coefficient (Wildman–Crippen LogP) is 5.85. The van der Waals surface area contributed by atoms with E-state index in [9.17, 15) is 9.90 Å². The molecule has 238 valence electrons. The third-order valence-corrected chi connectivity index (χ3v) is 8.21. The molecule has 5 aromatic rings. The van der Waals surface area contributed by atoms with Crippen molar-refractivity contribution in [3.63, 3.8) is 0 Å². The summed E-state index contributed by atoms with van der Waals surface area (Å²) in [7, 11) is 0. The van der Waals surface area contributed by atoms with Gasteiger partial charge in [0.1, 0.15) is 12.1 Å². The highest BCUT2D eigenvalue weighted by atomic mass is 16.8. The van der Waals surface area contributed by atoms with Gasteiger partial charge in [0.15, 0.2) is 5.84 Å². The number of aryl methyl sites for hydroxylation is 1. The van der Waals surface area contributed by atoms with Crippen LogP contribution in [0.5, 0.6) is 5.75 Å². The average molecular weight is 621 g/mol. The number of rotatable bonds is 11. The zero-order valence-electron chi connectivity index (χ0n) is 26.9. The maximum absolute atomic E-state index is 14.3. The maximum atomic E-state index is 14.3. The number of nitrogens with one attached hydrogen (secondary N) is 1. The minimum atomic E-state index is -1.62. The second-order valence-corrected chi connectivity index (χ2v) is 12.2. The molecule has 3 heterocycles. The first-order valence-electron chi connectivity index (χ1n) is 15.9. The van der Waals surface area contributed by atoms with Crippen molar-refractivity contribution in [3.8, 4) is 22.6 Å². The lowest BCUT2D eigenvalue weighted by Gasteiger charge is -2.20. The van der Waals surface area contributed by atoms with Gasteiger partial charge in [0.05, 0.1) is 11.8 Å². The molecule has 0 saturated heterocycles. The van der Waals surface area contributed by atoms with Crippen molar-refractivity contribution in [2.75, 3.05) is 0 Å². The summed E-state index contributed by atoms with van der Waals surface area (Å²) in [5.74, 6) is -0.148. The third kappa shape index (κ3) is 6.05. The van der Waals surface area contributed by atoms with Gasteiger partial charge in [-0.1, -0.05) is 75.7 Å². The van der Waals surface area contributed by atoms with Gasteiger partial charge in [0, 0.05) is 29.2 Å². The second kappa shape index (κ2) is 12.9. The van der Waals surface area contributed by atoms with Crippen LogP contribution < -0.4 is 15.8 Å². The molecule has 1 aliphatic rings. The molecule has 0 aliphatic carbocycles. The normalized spacial score (nSPS) is 16.3. The third-order valence-electron chi connectivity index (χ3n) is 8.21. The van der Waals surface area contributed by atoms with Gasteiger partial charge in [-0.3, -0.25) is 9.20 Å². The fraction of sp³-hybridized carbons (Fsp3) is 0.333. The monoisotopic (exact) mass is 620 g/mol. The summed E-state index contributed by atoms with van der Waals surface area (Å²) in [6, 6.07) is 23.6. The van der Waals surface area contributed by atoms with Crippen LogP contribution in [0.3, 0.4) is 0 Å². The second-order valence-electron chi connectivity index (χ2n) is 12.2. The molecule has 10 heteroatoms. The summed E-state index contributed by atoms with van der Waals surface area (Å²) in [5.41, 5.74) is 8.79. The summed E-state index contributed by atoms with van der Waals surface area (Å²) in [6.07, 6.45) is 4.87. The van der Waals surface area contributed by atoms with Gasteiger partial charge in [-0.15, -0.1) is 10.2 Å². The molecule has 1 aliphatic heterocycles. The Bertz CT molecular complexity index is 1930. The molecule has 1 atom stereocenters. The first-order chi connectivity index (χ1) is 22.2. The van der Waals surface area contributed by atoms with Crippen LogP contribution in [0.2, 0.25) is 0 Å². The molecule has 10 nitrogen and oxygen atoms in total. The summed E-state index contributed by atoms with van der Waals surface area (Å²) in [5, 5.41) is 19.3. The van der Waals surface area contributed by atoms with Crippen LogP contribution in [0.4, 0.5) is 0 Å². The van der Waals surface area contributed by atoms with Gasteiger partial charge in [0.2, 0.25) is 5.78 Å². The van der Waals surface area contributed by atoms with Crippen LogP contribution in [0.25, 0.3) is 22.6 Å². The Morgan fingerprint density at radius 2 is 1.70 bits per heavy atom. The van der Waals surface area contributed by atoms with Crippen LogP contribution >= 0.6 is 0 Å². The van der Waals surface area contributed by atoms with E-state index in [1.165, 1.54) is 0 Å². The average Bonchev–Trinajstić information content (AvgIpc) is 3.70. The number of hydrogen-bond donors (Lipinski definition) is 2. The minimum absolute atomic E-state index is 0.0492. The Morgan fingerprint density at radius 3 is 2.35 bits per heavy atom. The van der Waals surface area contributed by atoms with Crippen molar-refractivity contribution >= 4 is 11.6 Å². The van der Waals surface area contributed by atoms with Gasteiger partial charge < -0.3 is 9.84 Å². The number of nitrogens with zero attached hydrogens (tertiary/aromatic N) is 5. The molecule has 0 fully saturated rings. The first kappa shape index (κ1) is 31.2. The number of aliphatic imine (C=N–C) groups is 1. The van der Waals surface area contributed by atoms with Crippen molar-refractivity contribution in [2.45, 2.75) is 72.3 Å². The highest BCUT2D eigenvalue weighted by Crippen LogP contribution is 2.30. The molecule has 0 spiro atoms. The quantitative estimate of drug-likeness (QED) is 0.190. The number of unbranched alkanes of at least 4 members (excludes halogenated alkanes) is 1. The van der Waals surface area contributed by atoms with Crippen LogP contribution in [0.15, 0.2) is 88.9 Å². The fourth-order valence-electron chi connectivity index (χ4n) is 5.68. The van der Waals surface area contributed by atoms with Crippen molar-refractivity contribution in [3.05, 3.63) is 112 Å². The number of aliphatic hydroxyl groups is 1. The number of aromatic nitrogens is 4. The molecular formula is C36H40N6O4. The molecule has 0 radical (unpaired) electrons. The molecule has 2 N–H and O–H groups in total. The SMILES string of the molecule is CCCCc1c(Cc2ccc(-c3ccccc3C3=NC(O)(C(C)C)ON3)cc2)c(=O)n(-c2ccc(OC(C)C)cc2)c2nncn12. The number of benzene rings is 3. The van der Waals surface area contributed by atoms with E-state index in [1.54, 1.807) is 10.9 Å². The Kier molecular flexibility index (Phi) is 8.75. The molecule has 2 aromatic heterocycles. The van der Waals surface area contributed by atoms with Gasteiger partial charge in [0.25, 0.3) is 11.5 Å². The van der Waals surface area contributed by atoms with Crippen molar-refractivity contribution in [2.24, 2.45) is 10.9 Å². The van der Waals surface area contributed by atoms with Crippen molar-refractivity contribution < 1.29 is 14.7 Å². The lowest BCUT2D eigenvalue weighted by atomic mass is 9.96. The molecule has 0 saturated carbocycles. The summed E-state index contributed by atoms with van der Waals surface area (Å²) >= 11 is 0. The first-order valence-corrected chi connectivity index (χ1v) is 15.9. The molecule has 0 bridgehead atoms. The standard InChI is InChI=1S/C36H40N6O4/c1-6-7-12-32-31(34(43)42(35-39-37-22-41(32)35)27-17-19-28(20-18-27)45-24(4)5)21-25-13-15-26(16-14-25)29-10-8-9-11-30(29)33-38-36(44,23(2)3)46-40-33/h8-11,13-20,22-24,44H,6-7,12,21H2,1-5H3,(H,38,40). The van der Waals surface area contributed by atoms with Crippen LogP contribution in [0, 0.1) is 5.92 Å². The van der Waals surface area contributed by atoms with Gasteiger partial charge in [-0.25, -0.2) is 19.9 Å². The molecular weight excluding hydrogens is 580 g/mol. The maximum Gasteiger partial charge on any atom is 0.293 e. The molecule has 0 amide bonds. The van der Waals surface area contributed by atoms with Gasteiger partial charge in [-0.2, -0.15) is 0 Å². The number of ether oxygens (including phenoxy) is 1. The van der Waals surface area contributed by atoms with Gasteiger partial charge >= 0.3 is 0 Å². The zero-order valence-corrected chi connectivity index (χ0v) is 26.9. The Morgan fingerprint density at radius 1 is 0.978 bits per heavy atom. The number of hydroxylamine groups is 1. The Balaban J connectivity index is 1.37. The lowest BCUT2D eigenvalue weighted by Crippen LogP contribution is -2.35. The fourth-order valence-corrected chi connectivity index (χ4v) is 5.68. The highest BCUT2D eigenvalue weighted by molar-refractivity contribution is 6.04. The van der Waals surface area contributed by atoms with Crippen LogP contribution in [0.1, 0.15) is 69.8 Å². The van der Waals surface area contributed by atoms with Crippen LogP contribution in [-0.4, -0.2) is 42.1 Å². The van der Waals surface area contributed by atoms with E-state index in [0.717, 1.165) is 53.0 Å². The van der Waals surface area contributed by atoms with E-state index in [2.05, 4.69) is 39.7 Å². The van der Waals surface area contributed by atoms with Gasteiger partial charge in [-0.05, 0) is 67.6 Å². The number of amidine groups is 1. The summed E-state index contributed by atoms with van der Waals surface area (Å²) < 4.78 is 9.41. The predicted molar refractivity (Wildman–Crippen MR) is 178 cm³/mol. The molecule has 6 rings (SSSR count). The highest BCUT2D eigenvalue weighted by Gasteiger charge is 2.38. The van der Waals surface area contributed by atoms with E-state index in [1.807, 2.05) is 92.8 Å². The summed E-state index contributed by atoms with van der Waals surface area (Å²) in [4.78, 5) is 24.2. The van der Waals surface area contributed by atoms with E-state index in [4.69, 9.17) is 9.57 Å². The zero-order chi connectivity index (χ0) is 32.4. The molecule has 3 aromatic carbocycles. The largest absolute Gasteiger partial charge is 0.491 e. The Labute approximate surface area is 268 Å². The van der Waals surface area contributed by atoms with Crippen LogP contribution in [-0.2, 0) is 17.7 Å². The van der Waals surface area contributed by atoms with E-state index < -0.39 is 5.91 Å². The van der Waals surface area contributed by atoms with E-state index in [-0.39, 0.29) is 17.6 Å². The number of hydrogen-bond acceptors (Lipinski definition) is 8. The van der Waals surface area contributed by atoms with E-state index in [0.29, 0.717) is 29.3 Å². The smallest absolute Gasteiger partial charge is 0.293 e.